The molecule has 3 rings (SSSR count). The minimum Gasteiger partial charge on any atom is -0.461 e. The van der Waals surface area contributed by atoms with Crippen LogP contribution < -0.4 is 5.32 Å². The van der Waals surface area contributed by atoms with Crippen molar-refractivity contribution >= 4 is 27.8 Å². The highest BCUT2D eigenvalue weighted by Gasteiger charge is 2.21. The van der Waals surface area contributed by atoms with Crippen molar-refractivity contribution in [1.29, 1.82) is 0 Å². The van der Waals surface area contributed by atoms with E-state index < -0.39 is 5.97 Å². The third kappa shape index (κ3) is 5.61. The van der Waals surface area contributed by atoms with Crippen molar-refractivity contribution in [2.75, 3.05) is 6.61 Å². The fraction of sp³-hybridized carbons (Fsp3) is 0.292. The van der Waals surface area contributed by atoms with Crippen LogP contribution in [0.3, 0.4) is 0 Å². The molecule has 2 aromatic carbocycles. The van der Waals surface area contributed by atoms with Crippen LogP contribution in [0.2, 0.25) is 0 Å². The fourth-order valence-electron chi connectivity index (χ4n) is 3.23. The molecule has 0 aliphatic carbocycles. The maximum absolute atomic E-state index is 12.6. The van der Waals surface area contributed by atoms with Gasteiger partial charge >= 0.3 is 5.97 Å². The quantitative estimate of drug-likeness (QED) is 0.463. The van der Waals surface area contributed by atoms with Crippen molar-refractivity contribution in [2.24, 2.45) is 0 Å². The second-order valence-corrected chi connectivity index (χ2v) is 8.12. The number of ether oxygens (including phenoxy) is 1. The van der Waals surface area contributed by atoms with Gasteiger partial charge in [-0.2, -0.15) is 5.10 Å². The highest BCUT2D eigenvalue weighted by molar-refractivity contribution is 9.10. The number of nitrogens with one attached hydrogen (secondary N) is 1. The van der Waals surface area contributed by atoms with Gasteiger partial charge in [-0.3, -0.25) is 4.79 Å². The summed E-state index contributed by atoms with van der Waals surface area (Å²) < 4.78 is 7.30. The number of hydrogen-bond donors (Lipinski definition) is 1. The number of amides is 1. The van der Waals surface area contributed by atoms with Crippen molar-refractivity contribution in [3.63, 3.8) is 0 Å². The first-order valence-corrected chi connectivity index (χ1v) is 11.1. The molecule has 0 aliphatic rings. The lowest BCUT2D eigenvalue weighted by Crippen LogP contribution is -2.32. The molecular weight excluding hydrogens is 458 g/mol. The summed E-state index contributed by atoms with van der Waals surface area (Å²) in [6, 6.07) is 17.4. The molecule has 0 spiro atoms. The smallest absolute Gasteiger partial charge is 0.360 e. The standard InChI is InChI=1S/C24H26BrN3O3/c1-4-31-24(30)22-21(25)17(3)28(27-22)20-14-12-19(13-15-20)23(29)26-16(2)10-11-18-8-6-5-7-9-18/h5-9,12-16H,4,10-11H2,1-3H3,(H,26,29)/t16-/m1/s1. The van der Waals surface area contributed by atoms with Gasteiger partial charge in [-0.05, 0) is 79.4 Å². The van der Waals surface area contributed by atoms with Gasteiger partial charge in [0.15, 0.2) is 5.69 Å². The van der Waals surface area contributed by atoms with Gasteiger partial charge in [-0.1, -0.05) is 30.3 Å². The molecule has 0 saturated carbocycles. The van der Waals surface area contributed by atoms with Gasteiger partial charge in [-0.25, -0.2) is 9.48 Å². The zero-order chi connectivity index (χ0) is 22.4. The van der Waals surface area contributed by atoms with Crippen LogP contribution in [0.1, 0.15) is 52.4 Å². The highest BCUT2D eigenvalue weighted by atomic mass is 79.9. The topological polar surface area (TPSA) is 73.2 Å². The van der Waals surface area contributed by atoms with Gasteiger partial charge in [0.1, 0.15) is 0 Å². The number of rotatable bonds is 8. The summed E-state index contributed by atoms with van der Waals surface area (Å²) in [7, 11) is 0. The summed E-state index contributed by atoms with van der Waals surface area (Å²) in [4.78, 5) is 24.7. The Morgan fingerprint density at radius 2 is 1.81 bits per heavy atom. The minimum absolute atomic E-state index is 0.0591. The first-order chi connectivity index (χ1) is 14.9. The number of aryl methyl sites for hydroxylation is 1. The summed E-state index contributed by atoms with van der Waals surface area (Å²) in [6.07, 6.45) is 1.78. The second kappa shape index (κ2) is 10.4. The number of aromatic nitrogens is 2. The minimum atomic E-state index is -0.475. The number of benzene rings is 2. The number of halogens is 1. The van der Waals surface area contributed by atoms with E-state index in [0.29, 0.717) is 10.0 Å². The largest absolute Gasteiger partial charge is 0.461 e. The fourth-order valence-corrected chi connectivity index (χ4v) is 3.63. The molecule has 1 aromatic heterocycles. The van der Waals surface area contributed by atoms with E-state index in [-0.39, 0.29) is 24.2 Å². The maximum Gasteiger partial charge on any atom is 0.360 e. The summed E-state index contributed by atoms with van der Waals surface area (Å²) in [5.41, 5.74) is 3.59. The van der Waals surface area contributed by atoms with E-state index in [0.717, 1.165) is 24.2 Å². The summed E-state index contributed by atoms with van der Waals surface area (Å²) in [6.45, 7) is 5.90. The van der Waals surface area contributed by atoms with E-state index in [4.69, 9.17) is 4.74 Å². The molecule has 0 saturated heterocycles. The molecule has 1 N–H and O–H groups in total. The summed E-state index contributed by atoms with van der Waals surface area (Å²) >= 11 is 3.42. The number of carbonyl (C=O) groups is 2. The van der Waals surface area contributed by atoms with Crippen molar-refractivity contribution in [2.45, 2.75) is 39.7 Å². The van der Waals surface area contributed by atoms with Gasteiger partial charge in [0.25, 0.3) is 5.91 Å². The molecule has 1 heterocycles. The van der Waals surface area contributed by atoms with Crippen LogP contribution in [0, 0.1) is 6.92 Å². The SMILES string of the molecule is CCOC(=O)c1nn(-c2ccc(C(=O)N[C@H](C)CCc3ccccc3)cc2)c(C)c1Br. The first-order valence-electron chi connectivity index (χ1n) is 10.3. The third-order valence-electron chi connectivity index (χ3n) is 4.97. The van der Waals surface area contributed by atoms with E-state index >= 15 is 0 Å². The molecule has 3 aromatic rings. The molecule has 31 heavy (non-hydrogen) atoms. The predicted molar refractivity (Wildman–Crippen MR) is 124 cm³/mol. The molecule has 0 bridgehead atoms. The monoisotopic (exact) mass is 483 g/mol. The Hall–Kier alpha value is -2.93. The Morgan fingerprint density at radius 3 is 2.45 bits per heavy atom. The first kappa shape index (κ1) is 22.7. The molecule has 6 nitrogen and oxygen atoms in total. The second-order valence-electron chi connectivity index (χ2n) is 7.33. The van der Waals surface area contributed by atoms with Crippen LogP contribution in [0.25, 0.3) is 5.69 Å². The third-order valence-corrected chi connectivity index (χ3v) is 5.92. The Morgan fingerprint density at radius 1 is 1.13 bits per heavy atom. The molecule has 162 valence electrons. The van der Waals surface area contributed by atoms with E-state index in [2.05, 4.69) is 38.5 Å². The van der Waals surface area contributed by atoms with E-state index in [1.54, 1.807) is 23.7 Å². The van der Waals surface area contributed by atoms with Crippen LogP contribution in [-0.4, -0.2) is 34.3 Å². The Balaban J connectivity index is 1.65. The van der Waals surface area contributed by atoms with E-state index in [1.165, 1.54) is 5.56 Å². The molecule has 1 atom stereocenters. The van der Waals surface area contributed by atoms with Crippen molar-refractivity contribution in [3.8, 4) is 5.69 Å². The summed E-state index contributed by atoms with van der Waals surface area (Å²) in [5.74, 6) is -0.589. The Bertz CT molecular complexity index is 1050. The molecule has 0 unspecified atom stereocenters. The molecule has 0 fully saturated rings. The van der Waals surface area contributed by atoms with E-state index in [9.17, 15) is 9.59 Å². The molecule has 0 radical (unpaired) electrons. The predicted octanol–water partition coefficient (Wildman–Crippen LogP) is 4.87. The number of hydrogen-bond acceptors (Lipinski definition) is 4. The van der Waals surface area contributed by atoms with Crippen LogP contribution in [0.4, 0.5) is 0 Å². The maximum atomic E-state index is 12.6. The summed E-state index contributed by atoms with van der Waals surface area (Å²) in [5, 5.41) is 7.42. The van der Waals surface area contributed by atoms with Gasteiger partial charge < -0.3 is 10.1 Å². The van der Waals surface area contributed by atoms with Crippen LogP contribution in [-0.2, 0) is 11.2 Å². The molecule has 1 amide bonds. The zero-order valence-electron chi connectivity index (χ0n) is 17.9. The van der Waals surface area contributed by atoms with Gasteiger partial charge in [-0.15, -0.1) is 0 Å². The molecule has 7 heteroatoms. The van der Waals surface area contributed by atoms with Gasteiger partial charge in [0.2, 0.25) is 0 Å². The average Bonchev–Trinajstić information content (AvgIpc) is 3.08. The lowest BCUT2D eigenvalue weighted by Gasteiger charge is -2.14. The number of carbonyl (C=O) groups excluding carboxylic acids is 2. The highest BCUT2D eigenvalue weighted by Crippen LogP contribution is 2.24. The zero-order valence-corrected chi connectivity index (χ0v) is 19.5. The number of nitrogens with zero attached hydrogens (tertiary/aromatic N) is 2. The van der Waals surface area contributed by atoms with Crippen LogP contribution in [0.5, 0.6) is 0 Å². The van der Waals surface area contributed by atoms with Crippen LogP contribution >= 0.6 is 15.9 Å². The Labute approximate surface area is 190 Å². The van der Waals surface area contributed by atoms with Crippen molar-refractivity contribution in [3.05, 3.63) is 81.6 Å². The lowest BCUT2D eigenvalue weighted by molar-refractivity contribution is 0.0517. The molecule has 0 aliphatic heterocycles. The molecular formula is C24H26BrN3O3. The average molecular weight is 484 g/mol. The lowest BCUT2D eigenvalue weighted by atomic mass is 10.1. The Kier molecular flexibility index (Phi) is 7.63. The van der Waals surface area contributed by atoms with Gasteiger partial charge in [0.05, 0.1) is 22.5 Å². The number of esters is 1. The van der Waals surface area contributed by atoms with E-state index in [1.807, 2.05) is 44.2 Å². The van der Waals surface area contributed by atoms with Crippen LogP contribution in [0.15, 0.2) is 59.1 Å². The van der Waals surface area contributed by atoms with Gasteiger partial charge in [0, 0.05) is 11.6 Å². The van der Waals surface area contributed by atoms with Crippen molar-refractivity contribution < 1.29 is 14.3 Å². The normalized spacial score (nSPS) is 11.7. The van der Waals surface area contributed by atoms with Crippen molar-refractivity contribution in [1.82, 2.24) is 15.1 Å².